The van der Waals surface area contributed by atoms with E-state index < -0.39 is 11.7 Å². The molecule has 134 valence electrons. The first-order chi connectivity index (χ1) is 12.4. The summed E-state index contributed by atoms with van der Waals surface area (Å²) in [5, 5.41) is 10.6. The van der Waals surface area contributed by atoms with Crippen molar-refractivity contribution in [2.24, 2.45) is 0 Å². The Kier molecular flexibility index (Phi) is 5.22. The normalized spacial score (nSPS) is 11.2. The predicted molar refractivity (Wildman–Crippen MR) is 99.1 cm³/mol. The Morgan fingerprint density at radius 3 is 2.46 bits per heavy atom. The second-order valence-electron chi connectivity index (χ2n) is 5.57. The number of benzene rings is 2. The highest BCUT2D eigenvalue weighted by atomic mass is 32.1. The molecule has 2 N–H and O–H groups in total. The van der Waals surface area contributed by atoms with Gasteiger partial charge in [-0.3, -0.25) is 4.68 Å². The molecule has 4 nitrogen and oxygen atoms in total. The molecule has 1 aromatic heterocycles. The van der Waals surface area contributed by atoms with Crippen molar-refractivity contribution in [2.45, 2.75) is 12.7 Å². The van der Waals surface area contributed by atoms with Crippen molar-refractivity contribution in [2.75, 3.05) is 10.6 Å². The Morgan fingerprint density at radius 1 is 1.00 bits per heavy atom. The third kappa shape index (κ3) is 4.82. The number of para-hydroxylation sites is 1. The van der Waals surface area contributed by atoms with E-state index in [-0.39, 0.29) is 6.54 Å². The lowest BCUT2D eigenvalue weighted by atomic mass is 10.1. The molecular weight excluding hydrogens is 361 g/mol. The lowest BCUT2D eigenvalue weighted by molar-refractivity contribution is -0.137. The molecule has 0 aliphatic heterocycles. The summed E-state index contributed by atoms with van der Waals surface area (Å²) in [4.78, 5) is 0. The molecule has 0 atom stereocenters. The number of thiocarbonyl (C=S) groups is 1. The van der Waals surface area contributed by atoms with E-state index in [9.17, 15) is 13.2 Å². The topological polar surface area (TPSA) is 41.9 Å². The van der Waals surface area contributed by atoms with Gasteiger partial charge in [0.15, 0.2) is 5.11 Å². The zero-order valence-electron chi connectivity index (χ0n) is 13.5. The van der Waals surface area contributed by atoms with E-state index in [0.717, 1.165) is 17.8 Å². The van der Waals surface area contributed by atoms with Crippen molar-refractivity contribution in [1.29, 1.82) is 0 Å². The van der Waals surface area contributed by atoms with Gasteiger partial charge in [0, 0.05) is 11.9 Å². The van der Waals surface area contributed by atoms with Gasteiger partial charge in [0.25, 0.3) is 0 Å². The summed E-state index contributed by atoms with van der Waals surface area (Å²) in [6.45, 7) is 0.227. The number of hydrogen-bond acceptors (Lipinski definition) is 2. The van der Waals surface area contributed by atoms with Gasteiger partial charge in [0.2, 0.25) is 0 Å². The van der Waals surface area contributed by atoms with Crippen LogP contribution in [0.2, 0.25) is 0 Å². The zero-order valence-corrected chi connectivity index (χ0v) is 14.3. The number of nitrogens with one attached hydrogen (secondary N) is 2. The Balaban J connectivity index is 1.62. The first kappa shape index (κ1) is 17.9. The van der Waals surface area contributed by atoms with Crippen LogP contribution in [0.15, 0.2) is 67.0 Å². The van der Waals surface area contributed by atoms with Gasteiger partial charge in [-0.2, -0.15) is 18.3 Å². The van der Waals surface area contributed by atoms with Gasteiger partial charge in [-0.15, -0.1) is 0 Å². The van der Waals surface area contributed by atoms with Crippen LogP contribution in [-0.4, -0.2) is 14.9 Å². The monoisotopic (exact) mass is 376 g/mol. The highest BCUT2D eigenvalue weighted by Gasteiger charge is 2.30. The van der Waals surface area contributed by atoms with E-state index in [4.69, 9.17) is 12.2 Å². The molecule has 26 heavy (non-hydrogen) atoms. The number of hydrogen-bond donors (Lipinski definition) is 2. The van der Waals surface area contributed by atoms with Crippen molar-refractivity contribution in [3.05, 3.63) is 78.1 Å². The average Bonchev–Trinajstić information content (AvgIpc) is 3.02. The molecular formula is C18H15F3N4S. The van der Waals surface area contributed by atoms with Gasteiger partial charge in [0.05, 0.1) is 24.0 Å². The van der Waals surface area contributed by atoms with Crippen molar-refractivity contribution in [1.82, 2.24) is 9.78 Å². The molecule has 0 unspecified atom stereocenters. The first-order valence-corrected chi connectivity index (χ1v) is 8.12. The fourth-order valence-electron chi connectivity index (χ4n) is 2.36. The van der Waals surface area contributed by atoms with Crippen LogP contribution >= 0.6 is 12.2 Å². The van der Waals surface area contributed by atoms with Crippen molar-refractivity contribution >= 4 is 28.7 Å². The Bertz CT molecular complexity index is 891. The standard InChI is InChI=1S/C18H15F3N4S/c19-18(20,21)14-6-4-5-13(9-14)11-25-12-16(10-22-25)24-17(26)23-15-7-2-1-3-8-15/h1-10,12H,11H2,(H2,23,24,26). The summed E-state index contributed by atoms with van der Waals surface area (Å²) in [5.74, 6) is 0. The van der Waals surface area contributed by atoms with Gasteiger partial charge < -0.3 is 10.6 Å². The highest BCUT2D eigenvalue weighted by Crippen LogP contribution is 2.29. The van der Waals surface area contributed by atoms with Gasteiger partial charge >= 0.3 is 6.18 Å². The lowest BCUT2D eigenvalue weighted by Gasteiger charge is -2.09. The quantitative estimate of drug-likeness (QED) is 0.645. The largest absolute Gasteiger partial charge is 0.416 e. The maximum atomic E-state index is 12.8. The molecule has 0 aliphatic carbocycles. The van der Waals surface area contributed by atoms with Crippen LogP contribution < -0.4 is 10.6 Å². The Hall–Kier alpha value is -2.87. The number of anilines is 2. The van der Waals surface area contributed by atoms with Crippen molar-refractivity contribution in [3.63, 3.8) is 0 Å². The molecule has 2 aromatic carbocycles. The van der Waals surface area contributed by atoms with Crippen LogP contribution in [0, 0.1) is 0 Å². The summed E-state index contributed by atoms with van der Waals surface area (Å²) < 4.78 is 39.9. The summed E-state index contributed by atoms with van der Waals surface area (Å²) in [5.41, 5.74) is 1.33. The minimum atomic E-state index is -4.36. The maximum Gasteiger partial charge on any atom is 0.416 e. The van der Waals surface area contributed by atoms with Crippen LogP contribution in [0.5, 0.6) is 0 Å². The van der Waals surface area contributed by atoms with Crippen molar-refractivity contribution < 1.29 is 13.2 Å². The molecule has 3 rings (SSSR count). The SMILES string of the molecule is FC(F)(F)c1cccc(Cn2cc(NC(=S)Nc3ccccc3)cn2)c1. The molecule has 1 heterocycles. The number of rotatable bonds is 4. The number of alkyl halides is 3. The third-order valence-electron chi connectivity index (χ3n) is 3.52. The van der Waals surface area contributed by atoms with E-state index in [0.29, 0.717) is 16.4 Å². The zero-order chi connectivity index (χ0) is 18.6. The van der Waals surface area contributed by atoms with Crippen molar-refractivity contribution in [3.8, 4) is 0 Å². The number of halogens is 3. The minimum Gasteiger partial charge on any atom is -0.332 e. The van der Waals surface area contributed by atoms with Crippen LogP contribution in [0.3, 0.4) is 0 Å². The molecule has 0 saturated carbocycles. The molecule has 0 fully saturated rings. The number of aromatic nitrogens is 2. The van der Waals surface area contributed by atoms with Gasteiger partial charge in [-0.25, -0.2) is 0 Å². The van der Waals surface area contributed by atoms with E-state index in [2.05, 4.69) is 15.7 Å². The summed E-state index contributed by atoms with van der Waals surface area (Å²) in [6.07, 6.45) is -1.12. The average molecular weight is 376 g/mol. The molecule has 0 spiro atoms. The van der Waals surface area contributed by atoms with Gasteiger partial charge in [0.1, 0.15) is 0 Å². The lowest BCUT2D eigenvalue weighted by Crippen LogP contribution is -2.18. The third-order valence-corrected chi connectivity index (χ3v) is 3.73. The summed E-state index contributed by atoms with van der Waals surface area (Å²) in [6, 6.07) is 14.6. The molecule has 8 heteroatoms. The molecule has 0 bridgehead atoms. The van der Waals surface area contributed by atoms with E-state index >= 15 is 0 Å². The Labute approximate surface area is 153 Å². The van der Waals surface area contributed by atoms with E-state index in [1.165, 1.54) is 6.07 Å². The van der Waals surface area contributed by atoms with Gasteiger partial charge in [-0.1, -0.05) is 30.3 Å². The van der Waals surface area contributed by atoms with E-state index in [1.54, 1.807) is 23.1 Å². The smallest absolute Gasteiger partial charge is 0.332 e. The van der Waals surface area contributed by atoms with Crippen LogP contribution in [0.4, 0.5) is 24.5 Å². The van der Waals surface area contributed by atoms with E-state index in [1.807, 2.05) is 30.3 Å². The Morgan fingerprint density at radius 2 is 1.73 bits per heavy atom. The fraction of sp³-hybridized carbons (Fsp3) is 0.111. The highest BCUT2D eigenvalue weighted by molar-refractivity contribution is 7.80. The maximum absolute atomic E-state index is 12.8. The molecule has 0 aliphatic rings. The second kappa shape index (κ2) is 7.57. The molecule has 0 saturated heterocycles. The minimum absolute atomic E-state index is 0.227. The summed E-state index contributed by atoms with van der Waals surface area (Å²) in [7, 11) is 0. The van der Waals surface area contributed by atoms with Crippen LogP contribution in [-0.2, 0) is 12.7 Å². The van der Waals surface area contributed by atoms with Crippen LogP contribution in [0.1, 0.15) is 11.1 Å². The number of nitrogens with zero attached hydrogens (tertiary/aromatic N) is 2. The molecule has 3 aromatic rings. The second-order valence-corrected chi connectivity index (χ2v) is 5.98. The molecule has 0 radical (unpaired) electrons. The first-order valence-electron chi connectivity index (χ1n) is 7.72. The summed E-state index contributed by atoms with van der Waals surface area (Å²) >= 11 is 5.23. The van der Waals surface area contributed by atoms with Gasteiger partial charge in [-0.05, 0) is 42.0 Å². The predicted octanol–water partition coefficient (Wildman–Crippen LogP) is 4.76. The molecule has 0 amide bonds. The fourth-order valence-corrected chi connectivity index (χ4v) is 2.60. The van der Waals surface area contributed by atoms with Crippen LogP contribution in [0.25, 0.3) is 0 Å².